The Bertz CT molecular complexity index is 465. The summed E-state index contributed by atoms with van der Waals surface area (Å²) in [6.45, 7) is 1.96. The first-order valence-electron chi connectivity index (χ1n) is 6.88. The highest BCUT2D eigenvalue weighted by atomic mass is 16.5. The Morgan fingerprint density at radius 1 is 1.35 bits per heavy atom. The Morgan fingerprint density at radius 3 is 2.70 bits per heavy atom. The number of methoxy groups -OCH3 is 1. The lowest BCUT2D eigenvalue weighted by Crippen LogP contribution is -2.32. The van der Waals surface area contributed by atoms with E-state index in [0.717, 1.165) is 25.9 Å². The van der Waals surface area contributed by atoms with E-state index in [-0.39, 0.29) is 11.9 Å². The average molecular weight is 276 g/mol. The van der Waals surface area contributed by atoms with Crippen LogP contribution in [0.2, 0.25) is 0 Å². The summed E-state index contributed by atoms with van der Waals surface area (Å²) in [7, 11) is 1.34. The van der Waals surface area contributed by atoms with Crippen LogP contribution in [-0.2, 0) is 9.53 Å². The number of carbonyl (C=O) groups is 2. The maximum Gasteiger partial charge on any atom is 0.337 e. The fourth-order valence-electron chi connectivity index (χ4n) is 2.38. The van der Waals surface area contributed by atoms with Crippen molar-refractivity contribution in [3.05, 3.63) is 29.8 Å². The zero-order valence-electron chi connectivity index (χ0n) is 11.6. The molecular weight excluding hydrogens is 256 g/mol. The number of piperidine rings is 1. The van der Waals surface area contributed by atoms with Crippen molar-refractivity contribution < 1.29 is 14.3 Å². The van der Waals surface area contributed by atoms with Crippen molar-refractivity contribution in [1.29, 1.82) is 0 Å². The molecule has 0 spiro atoms. The first-order valence-corrected chi connectivity index (χ1v) is 6.88. The largest absolute Gasteiger partial charge is 0.465 e. The Kier molecular flexibility index (Phi) is 5.12. The first-order chi connectivity index (χ1) is 9.69. The molecule has 0 aromatic heterocycles. The fourth-order valence-corrected chi connectivity index (χ4v) is 2.38. The zero-order valence-corrected chi connectivity index (χ0v) is 11.6. The van der Waals surface area contributed by atoms with Gasteiger partial charge in [0.25, 0.3) is 0 Å². The molecule has 2 rings (SSSR count). The molecular formula is C15H20N2O3. The van der Waals surface area contributed by atoms with Gasteiger partial charge in [-0.05, 0) is 56.1 Å². The Labute approximate surface area is 118 Å². The average Bonchev–Trinajstić information content (AvgIpc) is 2.48. The van der Waals surface area contributed by atoms with Crippen molar-refractivity contribution in [2.24, 2.45) is 5.92 Å². The van der Waals surface area contributed by atoms with Crippen LogP contribution >= 0.6 is 0 Å². The highest BCUT2D eigenvalue weighted by molar-refractivity contribution is 5.93. The van der Waals surface area contributed by atoms with E-state index >= 15 is 0 Å². The minimum Gasteiger partial charge on any atom is -0.465 e. The summed E-state index contributed by atoms with van der Waals surface area (Å²) in [4.78, 5) is 23.2. The molecule has 1 atom stereocenters. The molecule has 5 nitrogen and oxygen atoms in total. The van der Waals surface area contributed by atoms with E-state index in [4.69, 9.17) is 0 Å². The van der Waals surface area contributed by atoms with Crippen molar-refractivity contribution in [2.45, 2.75) is 19.3 Å². The van der Waals surface area contributed by atoms with E-state index in [9.17, 15) is 9.59 Å². The lowest BCUT2D eigenvalue weighted by Gasteiger charge is -2.22. The van der Waals surface area contributed by atoms with Gasteiger partial charge >= 0.3 is 5.97 Å². The van der Waals surface area contributed by atoms with Crippen LogP contribution in [0.5, 0.6) is 0 Å². The second-order valence-electron chi connectivity index (χ2n) is 5.03. The van der Waals surface area contributed by atoms with E-state index in [1.807, 2.05) is 0 Å². The highest BCUT2D eigenvalue weighted by Crippen LogP contribution is 2.16. The van der Waals surface area contributed by atoms with Crippen molar-refractivity contribution in [3.8, 4) is 0 Å². The van der Waals surface area contributed by atoms with Crippen molar-refractivity contribution in [2.75, 3.05) is 25.5 Å². The van der Waals surface area contributed by atoms with E-state index in [2.05, 4.69) is 15.4 Å². The molecule has 1 saturated heterocycles. The summed E-state index contributed by atoms with van der Waals surface area (Å²) in [5.41, 5.74) is 1.17. The van der Waals surface area contributed by atoms with Crippen LogP contribution in [0, 0.1) is 5.92 Å². The molecule has 0 saturated carbocycles. The lowest BCUT2D eigenvalue weighted by molar-refractivity contribution is -0.117. The van der Waals surface area contributed by atoms with Crippen molar-refractivity contribution in [3.63, 3.8) is 0 Å². The smallest absolute Gasteiger partial charge is 0.337 e. The summed E-state index contributed by atoms with van der Waals surface area (Å²) in [5, 5.41) is 6.15. The molecule has 20 heavy (non-hydrogen) atoms. The molecule has 2 N–H and O–H groups in total. The van der Waals surface area contributed by atoms with Gasteiger partial charge in [-0.25, -0.2) is 4.79 Å². The summed E-state index contributed by atoms with van der Waals surface area (Å²) >= 11 is 0. The maximum absolute atomic E-state index is 11.9. The van der Waals surface area contributed by atoms with Gasteiger partial charge in [0.05, 0.1) is 12.7 Å². The van der Waals surface area contributed by atoms with Crippen LogP contribution in [0.1, 0.15) is 29.6 Å². The van der Waals surface area contributed by atoms with Crippen molar-refractivity contribution in [1.82, 2.24) is 5.32 Å². The van der Waals surface area contributed by atoms with Crippen LogP contribution in [-0.4, -0.2) is 32.1 Å². The summed E-state index contributed by atoms with van der Waals surface area (Å²) in [5.74, 6) is 0.0544. The van der Waals surface area contributed by atoms with Gasteiger partial charge in [0.15, 0.2) is 0 Å². The number of esters is 1. The molecule has 1 aromatic carbocycles. The predicted molar refractivity (Wildman–Crippen MR) is 76.6 cm³/mol. The van der Waals surface area contributed by atoms with E-state index in [1.165, 1.54) is 7.11 Å². The van der Waals surface area contributed by atoms with Crippen LogP contribution in [0.4, 0.5) is 5.69 Å². The molecule has 5 heteroatoms. The fraction of sp³-hybridized carbons (Fsp3) is 0.467. The highest BCUT2D eigenvalue weighted by Gasteiger charge is 2.16. The summed E-state index contributed by atoms with van der Waals surface area (Å²) < 4.78 is 4.62. The molecule has 0 aliphatic carbocycles. The van der Waals surface area contributed by atoms with E-state index in [0.29, 0.717) is 23.6 Å². The molecule has 1 fully saturated rings. The van der Waals surface area contributed by atoms with Gasteiger partial charge in [-0.2, -0.15) is 0 Å². The molecule has 1 amide bonds. The summed E-state index contributed by atoms with van der Waals surface area (Å²) in [6.07, 6.45) is 2.76. The van der Waals surface area contributed by atoms with Crippen LogP contribution in [0.25, 0.3) is 0 Å². The standard InChI is InChI=1S/C15H20N2O3/c1-20-15(19)12-4-6-13(7-5-12)17-14(18)9-11-3-2-8-16-10-11/h4-7,11,16H,2-3,8-10H2,1H3,(H,17,18). The minimum absolute atomic E-state index is 0.0181. The predicted octanol–water partition coefficient (Wildman–Crippen LogP) is 1.80. The zero-order chi connectivity index (χ0) is 14.4. The second-order valence-corrected chi connectivity index (χ2v) is 5.03. The van der Waals surface area contributed by atoms with Crippen LogP contribution in [0.15, 0.2) is 24.3 Å². The number of benzene rings is 1. The quantitative estimate of drug-likeness (QED) is 0.823. The van der Waals surface area contributed by atoms with Crippen LogP contribution in [0.3, 0.4) is 0 Å². The van der Waals surface area contributed by atoms with Crippen LogP contribution < -0.4 is 10.6 Å². The number of nitrogens with one attached hydrogen (secondary N) is 2. The Hall–Kier alpha value is -1.88. The third-order valence-electron chi connectivity index (χ3n) is 3.46. The summed E-state index contributed by atoms with van der Waals surface area (Å²) in [6, 6.07) is 6.71. The van der Waals surface area contributed by atoms with Gasteiger partial charge < -0.3 is 15.4 Å². The molecule has 1 aliphatic rings. The number of hydrogen-bond acceptors (Lipinski definition) is 4. The van der Waals surface area contributed by atoms with Gasteiger partial charge in [0, 0.05) is 12.1 Å². The third kappa shape index (κ3) is 4.06. The molecule has 1 unspecified atom stereocenters. The van der Waals surface area contributed by atoms with Gasteiger partial charge in [0.2, 0.25) is 5.91 Å². The van der Waals surface area contributed by atoms with E-state index < -0.39 is 0 Å². The molecule has 1 aliphatic heterocycles. The third-order valence-corrected chi connectivity index (χ3v) is 3.46. The minimum atomic E-state index is -0.379. The normalized spacial score (nSPS) is 18.4. The number of rotatable bonds is 4. The second kappa shape index (κ2) is 7.05. The molecule has 0 radical (unpaired) electrons. The van der Waals surface area contributed by atoms with Crippen molar-refractivity contribution >= 4 is 17.6 Å². The first kappa shape index (κ1) is 14.5. The molecule has 0 bridgehead atoms. The number of anilines is 1. The number of carbonyl (C=O) groups excluding carboxylic acids is 2. The number of ether oxygens (including phenoxy) is 1. The number of amides is 1. The Balaban J connectivity index is 1.85. The van der Waals surface area contributed by atoms with Gasteiger partial charge in [-0.1, -0.05) is 0 Å². The van der Waals surface area contributed by atoms with Gasteiger partial charge in [0.1, 0.15) is 0 Å². The van der Waals surface area contributed by atoms with Gasteiger partial charge in [-0.3, -0.25) is 4.79 Å². The SMILES string of the molecule is COC(=O)c1ccc(NC(=O)CC2CCCNC2)cc1. The maximum atomic E-state index is 11.9. The molecule has 1 aromatic rings. The monoisotopic (exact) mass is 276 g/mol. The number of hydrogen-bond donors (Lipinski definition) is 2. The Morgan fingerprint density at radius 2 is 2.10 bits per heavy atom. The topological polar surface area (TPSA) is 67.4 Å². The molecule has 108 valence electrons. The molecule has 1 heterocycles. The van der Waals surface area contributed by atoms with Gasteiger partial charge in [-0.15, -0.1) is 0 Å². The van der Waals surface area contributed by atoms with E-state index in [1.54, 1.807) is 24.3 Å². The lowest BCUT2D eigenvalue weighted by atomic mass is 9.96.